The molecule has 2 atom stereocenters. The maximum absolute atomic E-state index is 14.4. The number of rotatable bonds is 2. The molecular formula is C30H36N4O4. The first-order chi connectivity index (χ1) is 18.5. The van der Waals surface area contributed by atoms with E-state index in [4.69, 9.17) is 4.74 Å². The van der Waals surface area contributed by atoms with Crippen LogP contribution in [0.25, 0.3) is 0 Å². The van der Waals surface area contributed by atoms with Gasteiger partial charge in [-0.1, -0.05) is 30.3 Å². The zero-order valence-electron chi connectivity index (χ0n) is 22.0. The van der Waals surface area contributed by atoms with Gasteiger partial charge in [0.05, 0.1) is 12.6 Å². The third-order valence-electron chi connectivity index (χ3n) is 8.84. The summed E-state index contributed by atoms with van der Waals surface area (Å²) >= 11 is 0. The number of fused-ring (bicyclic) bond motifs is 6. The van der Waals surface area contributed by atoms with Gasteiger partial charge >= 0.3 is 0 Å². The van der Waals surface area contributed by atoms with E-state index in [1.54, 1.807) is 4.90 Å². The number of benzene rings is 2. The molecule has 0 aliphatic carbocycles. The number of hydrogen-bond acceptors (Lipinski definition) is 5. The first-order valence-corrected chi connectivity index (χ1v) is 13.9. The Hall–Kier alpha value is -3.39. The number of hydrogen-bond donors (Lipinski definition) is 1. The average molecular weight is 517 g/mol. The van der Waals surface area contributed by atoms with Gasteiger partial charge in [-0.15, -0.1) is 0 Å². The van der Waals surface area contributed by atoms with Gasteiger partial charge in [0, 0.05) is 25.2 Å². The van der Waals surface area contributed by atoms with Crippen molar-refractivity contribution in [2.45, 2.75) is 43.6 Å². The minimum absolute atomic E-state index is 0.0330. The van der Waals surface area contributed by atoms with Gasteiger partial charge in [-0.25, -0.2) is 0 Å². The third-order valence-corrected chi connectivity index (χ3v) is 8.84. The van der Waals surface area contributed by atoms with Gasteiger partial charge in [-0.3, -0.25) is 14.4 Å². The molecule has 6 rings (SSSR count). The number of ether oxygens (including phenoxy) is 1. The molecule has 4 bridgehead atoms. The molecule has 2 aromatic rings. The predicted molar refractivity (Wildman–Crippen MR) is 144 cm³/mol. The Morgan fingerprint density at radius 3 is 2.74 bits per heavy atom. The Morgan fingerprint density at radius 2 is 1.89 bits per heavy atom. The van der Waals surface area contributed by atoms with Crippen molar-refractivity contribution in [1.29, 1.82) is 0 Å². The molecule has 0 saturated carbocycles. The lowest BCUT2D eigenvalue weighted by atomic mass is 9.72. The second-order valence-corrected chi connectivity index (χ2v) is 11.2. The molecule has 1 spiro atoms. The van der Waals surface area contributed by atoms with Crippen LogP contribution in [0.2, 0.25) is 0 Å². The van der Waals surface area contributed by atoms with Crippen LogP contribution in [0, 0.1) is 5.92 Å². The summed E-state index contributed by atoms with van der Waals surface area (Å²) in [5.74, 6) is 0.888. The fourth-order valence-electron chi connectivity index (χ4n) is 6.87. The molecule has 3 amide bonds. The number of carbonyl (C=O) groups excluding carboxylic acids is 3. The molecule has 0 unspecified atom stereocenters. The first-order valence-electron chi connectivity index (χ1n) is 13.9. The van der Waals surface area contributed by atoms with Crippen LogP contribution >= 0.6 is 0 Å². The van der Waals surface area contributed by atoms with Crippen LogP contribution in [0.1, 0.15) is 49.3 Å². The number of para-hydroxylation sites is 1. The highest BCUT2D eigenvalue weighted by Gasteiger charge is 2.61. The van der Waals surface area contributed by atoms with Crippen molar-refractivity contribution in [3.05, 3.63) is 59.7 Å². The van der Waals surface area contributed by atoms with Crippen LogP contribution in [-0.2, 0) is 19.8 Å². The highest BCUT2D eigenvalue weighted by molar-refractivity contribution is 6.12. The largest absolute Gasteiger partial charge is 0.494 e. The smallest absolute Gasteiger partial charge is 0.240 e. The molecule has 8 nitrogen and oxygen atoms in total. The fourth-order valence-corrected chi connectivity index (χ4v) is 6.87. The van der Waals surface area contributed by atoms with Gasteiger partial charge in [-0.2, -0.15) is 0 Å². The van der Waals surface area contributed by atoms with Gasteiger partial charge in [0.1, 0.15) is 17.7 Å². The molecule has 4 aliphatic rings. The van der Waals surface area contributed by atoms with Crippen LogP contribution in [0.15, 0.2) is 48.5 Å². The number of amides is 3. The molecule has 2 aromatic carbocycles. The molecule has 1 N–H and O–H groups in total. The Bertz CT molecular complexity index is 1240. The number of nitrogens with one attached hydrogen (secondary N) is 1. The van der Waals surface area contributed by atoms with Crippen LogP contribution in [-0.4, -0.2) is 73.9 Å². The summed E-state index contributed by atoms with van der Waals surface area (Å²) in [5, 5.41) is 2.93. The van der Waals surface area contributed by atoms with Gasteiger partial charge in [0.2, 0.25) is 17.7 Å². The van der Waals surface area contributed by atoms with E-state index in [0.717, 1.165) is 42.7 Å². The number of carbonyl (C=O) groups is 3. The number of likely N-dealkylation sites (tertiary alicyclic amines) is 2. The first kappa shape index (κ1) is 24.9. The van der Waals surface area contributed by atoms with Gasteiger partial charge in [0.25, 0.3) is 0 Å². The normalized spacial score (nSPS) is 26.3. The monoisotopic (exact) mass is 516 g/mol. The van der Waals surface area contributed by atoms with Crippen molar-refractivity contribution in [2.24, 2.45) is 5.92 Å². The minimum atomic E-state index is -0.942. The van der Waals surface area contributed by atoms with E-state index in [2.05, 4.69) is 17.3 Å². The summed E-state index contributed by atoms with van der Waals surface area (Å²) in [6, 6.07) is 15.2. The summed E-state index contributed by atoms with van der Waals surface area (Å²) in [6.45, 7) is 3.44. The van der Waals surface area contributed by atoms with Crippen molar-refractivity contribution < 1.29 is 19.1 Å². The molecule has 2 fully saturated rings. The van der Waals surface area contributed by atoms with E-state index < -0.39 is 11.5 Å². The molecule has 4 aliphatic heterocycles. The summed E-state index contributed by atoms with van der Waals surface area (Å²) in [6.07, 6.45) is 3.71. The van der Waals surface area contributed by atoms with Crippen molar-refractivity contribution in [3.8, 4) is 5.75 Å². The third kappa shape index (κ3) is 4.25. The quantitative estimate of drug-likeness (QED) is 0.664. The predicted octanol–water partition coefficient (Wildman–Crippen LogP) is 2.88. The number of anilines is 1. The molecule has 38 heavy (non-hydrogen) atoms. The van der Waals surface area contributed by atoms with Crippen molar-refractivity contribution in [1.82, 2.24) is 15.1 Å². The maximum Gasteiger partial charge on any atom is 0.240 e. The van der Waals surface area contributed by atoms with Crippen LogP contribution in [0.4, 0.5) is 5.69 Å². The van der Waals surface area contributed by atoms with Crippen LogP contribution in [0.3, 0.4) is 0 Å². The fraction of sp³-hybridized carbons (Fsp3) is 0.500. The Kier molecular flexibility index (Phi) is 6.60. The molecule has 0 aromatic heterocycles. The van der Waals surface area contributed by atoms with E-state index in [0.29, 0.717) is 50.6 Å². The molecule has 2 saturated heterocycles. The highest BCUT2D eigenvalue weighted by atomic mass is 16.5. The van der Waals surface area contributed by atoms with E-state index in [1.807, 2.05) is 53.4 Å². The molecule has 8 heteroatoms. The zero-order valence-corrected chi connectivity index (χ0v) is 22.0. The molecule has 0 radical (unpaired) electrons. The Morgan fingerprint density at radius 1 is 1.08 bits per heavy atom. The van der Waals surface area contributed by atoms with Gasteiger partial charge in [0.15, 0.2) is 0 Å². The highest BCUT2D eigenvalue weighted by Crippen LogP contribution is 2.57. The van der Waals surface area contributed by atoms with E-state index >= 15 is 0 Å². The summed E-state index contributed by atoms with van der Waals surface area (Å²) in [7, 11) is 2.13. The lowest BCUT2D eigenvalue weighted by Crippen LogP contribution is -2.48. The lowest BCUT2D eigenvalue weighted by molar-refractivity contribution is -0.135. The average Bonchev–Trinajstić information content (AvgIpc) is 3.43. The Balaban J connectivity index is 1.44. The zero-order chi connectivity index (χ0) is 26.3. The second-order valence-electron chi connectivity index (χ2n) is 11.2. The molecule has 200 valence electrons. The topological polar surface area (TPSA) is 82.2 Å². The number of nitrogens with zero attached hydrogens (tertiary/aromatic N) is 3. The van der Waals surface area contributed by atoms with Crippen molar-refractivity contribution in [2.75, 3.05) is 51.3 Å². The second kappa shape index (κ2) is 10.1. The number of piperidine rings is 1. The van der Waals surface area contributed by atoms with Gasteiger partial charge in [-0.05, 0) is 81.1 Å². The summed E-state index contributed by atoms with van der Waals surface area (Å²) in [4.78, 5) is 47.1. The van der Waals surface area contributed by atoms with E-state index in [-0.39, 0.29) is 24.3 Å². The lowest BCUT2D eigenvalue weighted by Gasteiger charge is -2.36. The van der Waals surface area contributed by atoms with Crippen molar-refractivity contribution >= 4 is 23.4 Å². The summed E-state index contributed by atoms with van der Waals surface area (Å²) < 4.78 is 6.02. The maximum atomic E-state index is 14.4. The van der Waals surface area contributed by atoms with Crippen LogP contribution in [0.5, 0.6) is 5.75 Å². The van der Waals surface area contributed by atoms with Crippen LogP contribution < -0.4 is 15.0 Å². The van der Waals surface area contributed by atoms with E-state index in [1.165, 1.54) is 0 Å². The van der Waals surface area contributed by atoms with Gasteiger partial charge < -0.3 is 24.8 Å². The Labute approximate surface area is 223 Å². The SMILES string of the molecule is CN1CCC(CC(=O)N2CC[C@]34C(=O)N(CC(=O)NCCCOc5cccc(c5)[C@H]23)c2ccccc24)CC1. The molecular weight excluding hydrogens is 480 g/mol. The van der Waals surface area contributed by atoms with Crippen molar-refractivity contribution in [3.63, 3.8) is 0 Å². The standard InChI is InChI=1S/C30H36N4O4/c1-32-14-10-21(11-15-32)18-27(36)33-16-12-30-24-8-2-3-9-25(24)34(29(30)37)20-26(35)31-13-5-17-38-23-7-4-6-22(19-23)28(30)33/h2-4,6-9,19,21,28H,5,10-18,20H2,1H3,(H,31,35)/t28-,30+/m0/s1. The minimum Gasteiger partial charge on any atom is -0.494 e. The van der Waals surface area contributed by atoms with E-state index in [9.17, 15) is 14.4 Å². The summed E-state index contributed by atoms with van der Waals surface area (Å²) in [5.41, 5.74) is 1.63. The molecule has 4 heterocycles.